The van der Waals surface area contributed by atoms with E-state index in [1.54, 1.807) is 6.07 Å². The SMILES string of the molecule is CC12CC(NC(=O)N1C1CC1)c1cc(Cl)cc(Cl)c1O2. The van der Waals surface area contributed by atoms with E-state index in [1.165, 1.54) is 0 Å². The second kappa shape index (κ2) is 3.95. The average molecular weight is 313 g/mol. The normalized spacial score (nSPS) is 31.4. The number of carbonyl (C=O) groups is 1. The van der Waals surface area contributed by atoms with Crippen molar-refractivity contribution in [1.82, 2.24) is 10.2 Å². The molecule has 1 N–H and O–H groups in total. The topological polar surface area (TPSA) is 41.6 Å². The zero-order chi connectivity index (χ0) is 14.1. The summed E-state index contributed by atoms with van der Waals surface area (Å²) in [4.78, 5) is 14.2. The van der Waals surface area contributed by atoms with Crippen LogP contribution in [-0.2, 0) is 0 Å². The first kappa shape index (κ1) is 12.6. The largest absolute Gasteiger partial charge is 0.466 e. The number of rotatable bonds is 1. The summed E-state index contributed by atoms with van der Waals surface area (Å²) in [5.74, 6) is 0.639. The average Bonchev–Trinajstić information content (AvgIpc) is 3.14. The summed E-state index contributed by atoms with van der Waals surface area (Å²) in [5, 5.41) is 4.10. The highest BCUT2D eigenvalue weighted by atomic mass is 35.5. The Balaban J connectivity index is 1.83. The number of benzene rings is 1. The first-order valence-electron chi connectivity index (χ1n) is 6.76. The van der Waals surface area contributed by atoms with E-state index >= 15 is 0 Å². The molecule has 1 saturated carbocycles. The summed E-state index contributed by atoms with van der Waals surface area (Å²) in [7, 11) is 0. The molecule has 2 aliphatic heterocycles. The predicted octanol–water partition coefficient (Wildman–Crippen LogP) is 3.72. The Kier molecular flexibility index (Phi) is 2.49. The standard InChI is InChI=1S/C14H14Cl2N2O2/c1-14-6-11(17-13(19)18(14)8-2-3-8)9-4-7(15)5-10(16)12(9)20-14/h4-5,8,11H,2-3,6H2,1H3,(H,17,19). The van der Waals surface area contributed by atoms with Gasteiger partial charge in [-0.25, -0.2) is 4.79 Å². The Morgan fingerprint density at radius 1 is 1.40 bits per heavy atom. The minimum atomic E-state index is -0.626. The van der Waals surface area contributed by atoms with Gasteiger partial charge in [-0.2, -0.15) is 0 Å². The van der Waals surface area contributed by atoms with Gasteiger partial charge in [-0.15, -0.1) is 0 Å². The summed E-state index contributed by atoms with van der Waals surface area (Å²) in [6.45, 7) is 1.96. The number of hydrogen-bond donors (Lipinski definition) is 1. The molecule has 1 aromatic rings. The van der Waals surface area contributed by atoms with Crippen molar-refractivity contribution in [1.29, 1.82) is 0 Å². The van der Waals surface area contributed by atoms with Crippen LogP contribution in [0, 0.1) is 0 Å². The number of halogens is 2. The Labute approximate surface area is 127 Å². The van der Waals surface area contributed by atoms with Crippen molar-refractivity contribution < 1.29 is 9.53 Å². The molecule has 2 bridgehead atoms. The van der Waals surface area contributed by atoms with Gasteiger partial charge < -0.3 is 10.1 Å². The maximum atomic E-state index is 12.3. The molecule has 2 heterocycles. The van der Waals surface area contributed by atoms with Gasteiger partial charge in [-0.1, -0.05) is 23.2 Å². The summed E-state index contributed by atoms with van der Waals surface area (Å²) in [6.07, 6.45) is 2.79. The van der Waals surface area contributed by atoms with E-state index in [-0.39, 0.29) is 18.1 Å². The van der Waals surface area contributed by atoms with Gasteiger partial charge in [0.1, 0.15) is 5.75 Å². The molecule has 0 aromatic heterocycles. The van der Waals surface area contributed by atoms with Crippen LogP contribution in [0.4, 0.5) is 4.79 Å². The number of amides is 2. The van der Waals surface area contributed by atoms with E-state index in [2.05, 4.69) is 5.32 Å². The third kappa shape index (κ3) is 1.71. The molecule has 20 heavy (non-hydrogen) atoms. The zero-order valence-corrected chi connectivity index (χ0v) is 12.5. The summed E-state index contributed by atoms with van der Waals surface area (Å²) < 4.78 is 6.13. The minimum absolute atomic E-state index is 0.0620. The van der Waals surface area contributed by atoms with Crippen LogP contribution < -0.4 is 10.1 Å². The Morgan fingerprint density at radius 2 is 2.15 bits per heavy atom. The van der Waals surface area contributed by atoms with Crippen LogP contribution in [0.15, 0.2) is 12.1 Å². The predicted molar refractivity (Wildman–Crippen MR) is 76.2 cm³/mol. The van der Waals surface area contributed by atoms with Gasteiger partial charge in [0.25, 0.3) is 0 Å². The molecule has 6 heteroatoms. The summed E-state index contributed by atoms with van der Waals surface area (Å²) in [5.41, 5.74) is 0.238. The van der Waals surface area contributed by atoms with Crippen molar-refractivity contribution in [2.45, 2.75) is 44.0 Å². The monoisotopic (exact) mass is 312 g/mol. The van der Waals surface area contributed by atoms with Crippen LogP contribution >= 0.6 is 23.2 Å². The molecule has 4 rings (SSSR count). The molecule has 0 spiro atoms. The highest BCUT2D eigenvalue weighted by molar-refractivity contribution is 6.35. The molecule has 3 aliphatic rings. The van der Waals surface area contributed by atoms with Crippen molar-refractivity contribution in [3.8, 4) is 5.75 Å². The van der Waals surface area contributed by atoms with Gasteiger partial charge in [-0.3, -0.25) is 4.90 Å². The fraction of sp³-hybridized carbons (Fsp3) is 0.500. The van der Waals surface area contributed by atoms with Crippen molar-refractivity contribution in [3.05, 3.63) is 27.7 Å². The summed E-state index contributed by atoms with van der Waals surface area (Å²) >= 11 is 12.3. The van der Waals surface area contributed by atoms with Gasteiger partial charge in [0.05, 0.1) is 11.1 Å². The highest BCUT2D eigenvalue weighted by Crippen LogP contribution is 2.50. The molecule has 0 radical (unpaired) electrons. The fourth-order valence-corrected chi connectivity index (χ4v) is 3.84. The van der Waals surface area contributed by atoms with Crippen LogP contribution in [0.2, 0.25) is 10.0 Å². The maximum Gasteiger partial charge on any atom is 0.321 e. The molecule has 1 aliphatic carbocycles. The number of ether oxygens (including phenoxy) is 1. The molecule has 1 saturated heterocycles. The number of nitrogens with zero attached hydrogens (tertiary/aromatic N) is 1. The van der Waals surface area contributed by atoms with E-state index in [0.29, 0.717) is 22.2 Å². The van der Waals surface area contributed by atoms with E-state index in [9.17, 15) is 4.79 Å². The number of fused-ring (bicyclic) bond motifs is 4. The van der Waals surface area contributed by atoms with Crippen molar-refractivity contribution in [2.24, 2.45) is 0 Å². The van der Waals surface area contributed by atoms with Crippen LogP contribution in [0.1, 0.15) is 37.8 Å². The van der Waals surface area contributed by atoms with E-state index < -0.39 is 5.72 Å². The maximum absolute atomic E-state index is 12.3. The molecular weight excluding hydrogens is 299 g/mol. The van der Waals surface area contributed by atoms with Crippen LogP contribution in [-0.4, -0.2) is 22.7 Å². The number of nitrogens with one attached hydrogen (secondary N) is 1. The smallest absolute Gasteiger partial charge is 0.321 e. The van der Waals surface area contributed by atoms with Crippen molar-refractivity contribution >= 4 is 29.2 Å². The lowest BCUT2D eigenvalue weighted by Gasteiger charge is -2.51. The molecule has 2 atom stereocenters. The fourth-order valence-electron chi connectivity index (χ4n) is 3.29. The van der Waals surface area contributed by atoms with Crippen LogP contribution in [0.25, 0.3) is 0 Å². The Bertz CT molecular complexity index is 617. The molecule has 4 nitrogen and oxygen atoms in total. The van der Waals surface area contributed by atoms with Gasteiger partial charge >= 0.3 is 6.03 Å². The Morgan fingerprint density at radius 3 is 2.85 bits per heavy atom. The third-order valence-corrected chi connectivity index (χ3v) is 4.75. The number of hydrogen-bond acceptors (Lipinski definition) is 2. The van der Waals surface area contributed by atoms with E-state index in [4.69, 9.17) is 27.9 Å². The van der Waals surface area contributed by atoms with Gasteiger partial charge in [0.2, 0.25) is 0 Å². The van der Waals surface area contributed by atoms with E-state index in [1.807, 2.05) is 17.9 Å². The minimum Gasteiger partial charge on any atom is -0.466 e. The Hall–Kier alpha value is -1.13. The number of carbonyl (C=O) groups excluding carboxylic acids is 1. The first-order chi connectivity index (χ1) is 9.48. The van der Waals surface area contributed by atoms with Gasteiger partial charge in [0.15, 0.2) is 5.72 Å². The zero-order valence-electron chi connectivity index (χ0n) is 11.0. The van der Waals surface area contributed by atoms with Crippen LogP contribution in [0.5, 0.6) is 5.75 Å². The second-order valence-electron chi connectivity index (χ2n) is 5.89. The molecule has 106 valence electrons. The van der Waals surface area contributed by atoms with Crippen molar-refractivity contribution in [3.63, 3.8) is 0 Å². The highest BCUT2D eigenvalue weighted by Gasteiger charge is 2.54. The summed E-state index contributed by atoms with van der Waals surface area (Å²) in [6, 6.07) is 3.62. The van der Waals surface area contributed by atoms with Gasteiger partial charge in [0, 0.05) is 23.0 Å². The number of urea groups is 1. The first-order valence-corrected chi connectivity index (χ1v) is 7.51. The quantitative estimate of drug-likeness (QED) is 0.858. The van der Waals surface area contributed by atoms with E-state index in [0.717, 1.165) is 18.4 Å². The van der Waals surface area contributed by atoms with Crippen LogP contribution in [0.3, 0.4) is 0 Å². The van der Waals surface area contributed by atoms with Crippen molar-refractivity contribution in [2.75, 3.05) is 0 Å². The molecular formula is C14H14Cl2N2O2. The lowest BCUT2D eigenvalue weighted by atomic mass is 9.90. The molecule has 1 aromatic carbocycles. The lowest BCUT2D eigenvalue weighted by molar-refractivity contribution is -0.0877. The molecule has 2 fully saturated rings. The lowest BCUT2D eigenvalue weighted by Crippen LogP contribution is -2.65. The van der Waals surface area contributed by atoms with Gasteiger partial charge in [-0.05, 0) is 31.9 Å². The molecule has 2 unspecified atom stereocenters. The third-order valence-electron chi connectivity index (χ3n) is 4.26. The second-order valence-corrected chi connectivity index (χ2v) is 6.73. The molecule has 2 amide bonds.